The first-order chi connectivity index (χ1) is 9.47. The molecule has 0 aliphatic heterocycles. The fourth-order valence-electron chi connectivity index (χ4n) is 2.00. The highest BCUT2D eigenvalue weighted by Crippen LogP contribution is 2.19. The summed E-state index contributed by atoms with van der Waals surface area (Å²) in [5.74, 6) is 1.19. The average Bonchev–Trinajstić information content (AvgIpc) is 2.44. The first kappa shape index (κ1) is 16.5. The molecule has 1 unspecified atom stereocenters. The lowest BCUT2D eigenvalue weighted by Gasteiger charge is -2.19. The van der Waals surface area contributed by atoms with Crippen LogP contribution in [0.4, 0.5) is 0 Å². The summed E-state index contributed by atoms with van der Waals surface area (Å²) in [7, 11) is 0. The Hall–Kier alpha value is -1.51. The number of hydrogen-bond acceptors (Lipinski definition) is 2. The van der Waals surface area contributed by atoms with E-state index in [1.54, 1.807) is 6.92 Å². The van der Waals surface area contributed by atoms with Gasteiger partial charge >= 0.3 is 0 Å². The molecule has 0 saturated heterocycles. The van der Waals surface area contributed by atoms with Gasteiger partial charge in [-0.3, -0.25) is 4.79 Å². The molecule has 0 saturated carbocycles. The van der Waals surface area contributed by atoms with E-state index in [0.29, 0.717) is 5.92 Å². The lowest BCUT2D eigenvalue weighted by atomic mass is 10.0. The zero-order valence-corrected chi connectivity index (χ0v) is 13.3. The molecule has 0 aliphatic rings. The molecule has 0 heterocycles. The maximum atomic E-state index is 12.0. The van der Waals surface area contributed by atoms with Gasteiger partial charge in [-0.25, -0.2) is 0 Å². The van der Waals surface area contributed by atoms with Gasteiger partial charge in [0.1, 0.15) is 5.75 Å². The second-order valence-electron chi connectivity index (χ2n) is 5.51. The highest BCUT2D eigenvalue weighted by Gasteiger charge is 2.17. The maximum Gasteiger partial charge on any atom is 0.260 e. The van der Waals surface area contributed by atoms with Gasteiger partial charge in [0.05, 0.1) is 0 Å². The number of ether oxygens (including phenoxy) is 1. The minimum atomic E-state index is -0.472. The van der Waals surface area contributed by atoms with Crippen LogP contribution in [-0.2, 0) is 4.79 Å². The Morgan fingerprint density at radius 3 is 2.10 bits per heavy atom. The van der Waals surface area contributed by atoms with Crippen LogP contribution in [0, 0.1) is 0 Å². The number of carbonyl (C=O) groups excluding carboxylic acids is 1. The Morgan fingerprint density at radius 2 is 1.65 bits per heavy atom. The molecule has 1 aromatic rings. The van der Waals surface area contributed by atoms with Crippen molar-refractivity contribution in [2.75, 3.05) is 0 Å². The first-order valence-corrected chi connectivity index (χ1v) is 7.54. The van der Waals surface area contributed by atoms with Crippen molar-refractivity contribution < 1.29 is 9.53 Å². The van der Waals surface area contributed by atoms with Crippen molar-refractivity contribution in [3.8, 4) is 5.75 Å². The van der Waals surface area contributed by atoms with Gasteiger partial charge in [-0.2, -0.15) is 0 Å². The third-order valence-electron chi connectivity index (χ3n) is 3.56. The van der Waals surface area contributed by atoms with E-state index in [4.69, 9.17) is 4.74 Å². The van der Waals surface area contributed by atoms with Gasteiger partial charge in [-0.15, -0.1) is 0 Å². The maximum absolute atomic E-state index is 12.0. The Bertz CT molecular complexity index is 408. The van der Waals surface area contributed by atoms with Crippen LogP contribution >= 0.6 is 0 Å². The molecule has 0 spiro atoms. The second kappa shape index (κ2) is 7.93. The highest BCUT2D eigenvalue weighted by atomic mass is 16.5. The summed E-state index contributed by atoms with van der Waals surface area (Å²) >= 11 is 0. The fourth-order valence-corrected chi connectivity index (χ4v) is 2.00. The Balaban J connectivity index is 2.56. The van der Waals surface area contributed by atoms with Crippen molar-refractivity contribution in [1.29, 1.82) is 0 Å². The zero-order valence-electron chi connectivity index (χ0n) is 13.3. The van der Waals surface area contributed by atoms with Crippen molar-refractivity contribution in [2.24, 2.45) is 0 Å². The summed E-state index contributed by atoms with van der Waals surface area (Å²) in [5, 5.41) is 3.00. The van der Waals surface area contributed by atoms with Crippen molar-refractivity contribution in [3.63, 3.8) is 0 Å². The van der Waals surface area contributed by atoms with Crippen molar-refractivity contribution in [1.82, 2.24) is 5.32 Å². The molecule has 0 radical (unpaired) electrons. The van der Waals surface area contributed by atoms with Crippen LogP contribution in [0.5, 0.6) is 5.75 Å². The van der Waals surface area contributed by atoms with Gasteiger partial charge in [-0.05, 0) is 43.4 Å². The van der Waals surface area contributed by atoms with E-state index in [1.807, 2.05) is 24.3 Å². The number of amides is 1. The Morgan fingerprint density at radius 1 is 1.10 bits per heavy atom. The Kier molecular flexibility index (Phi) is 6.56. The molecule has 3 heteroatoms. The summed E-state index contributed by atoms with van der Waals surface area (Å²) in [5.41, 5.74) is 1.27. The molecule has 0 fully saturated rings. The number of carbonyl (C=O) groups is 1. The molecular weight excluding hydrogens is 250 g/mol. The topological polar surface area (TPSA) is 38.3 Å². The highest BCUT2D eigenvalue weighted by molar-refractivity contribution is 5.81. The minimum Gasteiger partial charge on any atom is -0.481 e. The second-order valence-corrected chi connectivity index (χ2v) is 5.51. The normalized spacial score (nSPS) is 12.6. The van der Waals surface area contributed by atoms with E-state index in [1.165, 1.54) is 5.56 Å². The van der Waals surface area contributed by atoms with E-state index in [9.17, 15) is 4.79 Å². The summed E-state index contributed by atoms with van der Waals surface area (Å²) in [6.07, 6.45) is 1.41. The van der Waals surface area contributed by atoms with Crippen LogP contribution in [0.1, 0.15) is 58.9 Å². The van der Waals surface area contributed by atoms with E-state index in [-0.39, 0.29) is 11.9 Å². The summed E-state index contributed by atoms with van der Waals surface area (Å²) in [6, 6.07) is 8.18. The van der Waals surface area contributed by atoms with E-state index < -0.39 is 6.10 Å². The van der Waals surface area contributed by atoms with Gasteiger partial charge in [0, 0.05) is 6.04 Å². The van der Waals surface area contributed by atoms with E-state index in [0.717, 1.165) is 18.6 Å². The molecular formula is C17H27NO2. The van der Waals surface area contributed by atoms with Crippen LogP contribution in [0.3, 0.4) is 0 Å². The molecule has 112 valence electrons. The molecule has 1 amide bonds. The van der Waals surface area contributed by atoms with Crippen molar-refractivity contribution in [3.05, 3.63) is 29.8 Å². The molecule has 0 aliphatic carbocycles. The van der Waals surface area contributed by atoms with Gasteiger partial charge in [0.2, 0.25) is 0 Å². The van der Waals surface area contributed by atoms with Crippen LogP contribution in [-0.4, -0.2) is 18.1 Å². The quantitative estimate of drug-likeness (QED) is 0.821. The lowest BCUT2D eigenvalue weighted by Crippen LogP contribution is -2.42. The number of benzene rings is 1. The van der Waals surface area contributed by atoms with Crippen LogP contribution < -0.4 is 10.1 Å². The predicted octanol–water partition coefficient (Wildman–Crippen LogP) is 3.88. The summed E-state index contributed by atoms with van der Waals surface area (Å²) in [6.45, 7) is 10.2. The van der Waals surface area contributed by atoms with E-state index >= 15 is 0 Å². The predicted molar refractivity (Wildman–Crippen MR) is 83.1 cm³/mol. The largest absolute Gasteiger partial charge is 0.481 e. The summed E-state index contributed by atoms with van der Waals surface area (Å²) in [4.78, 5) is 12.0. The monoisotopic (exact) mass is 277 g/mol. The van der Waals surface area contributed by atoms with E-state index in [2.05, 4.69) is 33.0 Å². The molecule has 1 aromatic carbocycles. The average molecular weight is 277 g/mol. The Labute approximate surface area is 122 Å². The van der Waals surface area contributed by atoms with Crippen molar-refractivity contribution in [2.45, 2.75) is 65.5 Å². The van der Waals surface area contributed by atoms with Crippen molar-refractivity contribution >= 4 is 5.91 Å². The number of rotatable bonds is 7. The zero-order chi connectivity index (χ0) is 15.1. The minimum absolute atomic E-state index is 0.0494. The third kappa shape index (κ3) is 4.87. The van der Waals surface area contributed by atoms with Crippen LogP contribution in [0.15, 0.2) is 24.3 Å². The molecule has 1 N–H and O–H groups in total. The van der Waals surface area contributed by atoms with Gasteiger partial charge in [0.25, 0.3) is 5.91 Å². The summed E-state index contributed by atoms with van der Waals surface area (Å²) < 4.78 is 5.69. The standard InChI is InChI=1S/C17H27NO2/c1-6-15(7-2)18-17(19)13(5)20-16-10-8-14(9-11-16)12(3)4/h8-13,15H,6-7H2,1-5H3,(H,18,19). The molecule has 0 bridgehead atoms. The molecule has 3 nitrogen and oxygen atoms in total. The number of hydrogen-bond donors (Lipinski definition) is 1. The van der Waals surface area contributed by atoms with Crippen LogP contribution in [0.2, 0.25) is 0 Å². The molecule has 20 heavy (non-hydrogen) atoms. The van der Waals surface area contributed by atoms with Crippen LogP contribution in [0.25, 0.3) is 0 Å². The number of nitrogens with one attached hydrogen (secondary N) is 1. The SMILES string of the molecule is CCC(CC)NC(=O)C(C)Oc1ccc(C(C)C)cc1. The fraction of sp³-hybridized carbons (Fsp3) is 0.588. The molecule has 1 rings (SSSR count). The molecule has 1 atom stereocenters. The lowest BCUT2D eigenvalue weighted by molar-refractivity contribution is -0.128. The first-order valence-electron chi connectivity index (χ1n) is 7.54. The molecule has 0 aromatic heterocycles. The van der Waals surface area contributed by atoms with Gasteiger partial charge in [-0.1, -0.05) is 39.8 Å². The van der Waals surface area contributed by atoms with Gasteiger partial charge < -0.3 is 10.1 Å². The smallest absolute Gasteiger partial charge is 0.260 e. The third-order valence-corrected chi connectivity index (χ3v) is 3.56. The van der Waals surface area contributed by atoms with Gasteiger partial charge in [0.15, 0.2) is 6.10 Å².